The molecular formula is C21H27N3O3. The van der Waals surface area contributed by atoms with Crippen LogP contribution in [0.25, 0.3) is 0 Å². The van der Waals surface area contributed by atoms with Crippen molar-refractivity contribution < 1.29 is 14.3 Å². The molecule has 0 spiro atoms. The van der Waals surface area contributed by atoms with Crippen molar-refractivity contribution in [3.63, 3.8) is 0 Å². The lowest BCUT2D eigenvalue weighted by atomic mass is 9.85. The summed E-state index contributed by atoms with van der Waals surface area (Å²) >= 11 is 0. The molecule has 27 heavy (non-hydrogen) atoms. The fourth-order valence-electron chi connectivity index (χ4n) is 3.61. The molecule has 0 saturated carbocycles. The molecule has 1 aromatic heterocycles. The van der Waals surface area contributed by atoms with E-state index in [9.17, 15) is 4.79 Å². The van der Waals surface area contributed by atoms with Crippen LogP contribution in [0.3, 0.4) is 0 Å². The van der Waals surface area contributed by atoms with Crippen molar-refractivity contribution in [2.75, 3.05) is 20.2 Å². The lowest BCUT2D eigenvalue weighted by molar-refractivity contribution is 0.0861. The Labute approximate surface area is 160 Å². The first-order valence-electron chi connectivity index (χ1n) is 9.40. The van der Waals surface area contributed by atoms with Gasteiger partial charge in [-0.3, -0.25) is 0 Å². The lowest BCUT2D eigenvalue weighted by Gasteiger charge is -2.33. The van der Waals surface area contributed by atoms with Crippen molar-refractivity contribution in [3.8, 4) is 0 Å². The molecule has 1 aromatic carbocycles. The van der Waals surface area contributed by atoms with Crippen LogP contribution in [0.15, 0.2) is 36.5 Å². The normalized spacial score (nSPS) is 16.2. The van der Waals surface area contributed by atoms with E-state index >= 15 is 0 Å². The minimum absolute atomic E-state index is 0.0960. The van der Waals surface area contributed by atoms with E-state index in [0.717, 1.165) is 29.7 Å². The number of nitrogens with zero attached hydrogens (tertiary/aromatic N) is 3. The van der Waals surface area contributed by atoms with Crippen LogP contribution < -0.4 is 0 Å². The molecule has 0 aliphatic carbocycles. The second-order valence-corrected chi connectivity index (χ2v) is 7.01. The average molecular weight is 369 g/mol. The fraction of sp³-hybridized carbons (Fsp3) is 0.476. The summed E-state index contributed by atoms with van der Waals surface area (Å²) in [7, 11) is 1.68. The summed E-state index contributed by atoms with van der Waals surface area (Å²) in [6, 6.07) is 9.75. The summed E-state index contributed by atoms with van der Waals surface area (Å²) in [6.45, 7) is 5.73. The Morgan fingerprint density at radius 2 is 1.96 bits per heavy atom. The van der Waals surface area contributed by atoms with Gasteiger partial charge in [0.2, 0.25) is 0 Å². The van der Waals surface area contributed by atoms with Gasteiger partial charge in [0.25, 0.3) is 0 Å². The highest BCUT2D eigenvalue weighted by Crippen LogP contribution is 2.34. The number of methoxy groups -OCH3 is 1. The highest BCUT2D eigenvalue weighted by atomic mass is 16.6. The van der Waals surface area contributed by atoms with Gasteiger partial charge in [0, 0.05) is 20.2 Å². The first kappa shape index (κ1) is 19.3. The predicted molar refractivity (Wildman–Crippen MR) is 102 cm³/mol. The first-order valence-corrected chi connectivity index (χ1v) is 9.40. The second kappa shape index (κ2) is 8.95. The molecule has 0 radical (unpaired) electrons. The van der Waals surface area contributed by atoms with Gasteiger partial charge in [-0.05, 0) is 49.3 Å². The molecule has 0 N–H and O–H groups in total. The van der Waals surface area contributed by atoms with E-state index in [-0.39, 0.29) is 12.2 Å². The third kappa shape index (κ3) is 4.63. The molecule has 2 heterocycles. The van der Waals surface area contributed by atoms with Crippen LogP contribution in [0.4, 0.5) is 4.79 Å². The Balaban J connectivity index is 1.60. The third-order valence-corrected chi connectivity index (χ3v) is 5.22. The van der Waals surface area contributed by atoms with E-state index in [2.05, 4.69) is 17.1 Å². The Bertz CT molecular complexity index is 759. The number of amides is 1. The van der Waals surface area contributed by atoms with E-state index in [1.807, 2.05) is 43.5 Å². The van der Waals surface area contributed by atoms with Crippen LogP contribution >= 0.6 is 0 Å². The number of carbonyl (C=O) groups is 1. The summed E-state index contributed by atoms with van der Waals surface area (Å²) in [6.07, 6.45) is 3.24. The van der Waals surface area contributed by atoms with Gasteiger partial charge >= 0.3 is 6.09 Å². The van der Waals surface area contributed by atoms with E-state index in [1.165, 1.54) is 5.56 Å². The maximum Gasteiger partial charge on any atom is 0.410 e. The van der Waals surface area contributed by atoms with Gasteiger partial charge in [-0.2, -0.15) is 10.2 Å². The molecule has 1 unspecified atom stereocenters. The van der Waals surface area contributed by atoms with Gasteiger partial charge < -0.3 is 14.4 Å². The maximum absolute atomic E-state index is 12.4. The summed E-state index contributed by atoms with van der Waals surface area (Å²) < 4.78 is 10.9. The van der Waals surface area contributed by atoms with Gasteiger partial charge in [-0.15, -0.1) is 0 Å². The van der Waals surface area contributed by atoms with Gasteiger partial charge in [0.05, 0.1) is 18.0 Å². The lowest BCUT2D eigenvalue weighted by Crippen LogP contribution is -2.38. The molecule has 3 rings (SSSR count). The Kier molecular flexibility index (Phi) is 6.40. The van der Waals surface area contributed by atoms with Gasteiger partial charge in [0.1, 0.15) is 6.61 Å². The largest absolute Gasteiger partial charge is 0.445 e. The van der Waals surface area contributed by atoms with Crippen molar-refractivity contribution in [3.05, 3.63) is 58.9 Å². The molecule has 2 aromatic rings. The smallest absolute Gasteiger partial charge is 0.410 e. The molecule has 144 valence electrons. The van der Waals surface area contributed by atoms with Crippen LogP contribution in [0.1, 0.15) is 54.2 Å². The summed E-state index contributed by atoms with van der Waals surface area (Å²) in [5.41, 5.74) is 4.26. The standard InChI is InChI=1S/C21H27N3O3/c1-15-13-22-23-20(16(2)26-3)19(15)18-9-11-24(12-10-18)21(25)27-14-17-7-5-4-6-8-17/h4-8,13,16,18H,9-12,14H2,1-3H3. The number of aromatic nitrogens is 2. The number of aryl methyl sites for hydroxylation is 1. The van der Waals surface area contributed by atoms with Gasteiger partial charge in [0.15, 0.2) is 0 Å². The molecule has 6 heteroatoms. The third-order valence-electron chi connectivity index (χ3n) is 5.22. The number of likely N-dealkylation sites (tertiary alicyclic amines) is 1. The van der Waals surface area contributed by atoms with E-state index in [1.54, 1.807) is 12.0 Å². The number of benzene rings is 1. The number of rotatable bonds is 5. The van der Waals surface area contributed by atoms with E-state index in [4.69, 9.17) is 9.47 Å². The minimum atomic E-state index is -0.243. The second-order valence-electron chi connectivity index (χ2n) is 7.01. The number of hydrogen-bond acceptors (Lipinski definition) is 5. The van der Waals surface area contributed by atoms with Crippen LogP contribution in [0, 0.1) is 6.92 Å². The number of piperidine rings is 1. The number of ether oxygens (including phenoxy) is 2. The zero-order valence-corrected chi connectivity index (χ0v) is 16.2. The van der Waals surface area contributed by atoms with E-state index in [0.29, 0.717) is 25.6 Å². The summed E-state index contributed by atoms with van der Waals surface area (Å²) in [5.74, 6) is 0.353. The molecule has 1 atom stereocenters. The van der Waals surface area contributed by atoms with Crippen molar-refractivity contribution in [2.45, 2.75) is 45.3 Å². The SMILES string of the molecule is COC(C)c1nncc(C)c1C1CCN(C(=O)OCc2ccccc2)CC1. The molecule has 1 fully saturated rings. The Morgan fingerprint density at radius 1 is 1.26 bits per heavy atom. The topological polar surface area (TPSA) is 64.6 Å². The highest BCUT2D eigenvalue weighted by Gasteiger charge is 2.29. The minimum Gasteiger partial charge on any atom is -0.445 e. The van der Waals surface area contributed by atoms with Crippen molar-refractivity contribution >= 4 is 6.09 Å². The van der Waals surface area contributed by atoms with Crippen LogP contribution in [0.2, 0.25) is 0 Å². The predicted octanol–water partition coefficient (Wildman–Crippen LogP) is 4.01. The fourth-order valence-corrected chi connectivity index (χ4v) is 3.61. The highest BCUT2D eigenvalue weighted by molar-refractivity contribution is 5.67. The molecule has 0 bridgehead atoms. The van der Waals surface area contributed by atoms with E-state index < -0.39 is 0 Å². The van der Waals surface area contributed by atoms with Crippen LogP contribution in [-0.4, -0.2) is 41.4 Å². The first-order chi connectivity index (χ1) is 13.1. The molecule has 1 aliphatic heterocycles. The van der Waals surface area contributed by atoms with Gasteiger partial charge in [-0.25, -0.2) is 4.79 Å². The van der Waals surface area contributed by atoms with Crippen LogP contribution in [0.5, 0.6) is 0 Å². The Morgan fingerprint density at radius 3 is 2.63 bits per heavy atom. The van der Waals surface area contributed by atoms with Crippen molar-refractivity contribution in [2.24, 2.45) is 0 Å². The zero-order chi connectivity index (χ0) is 19.2. The molecular weight excluding hydrogens is 342 g/mol. The molecule has 1 saturated heterocycles. The summed E-state index contributed by atoms with van der Waals surface area (Å²) in [5, 5.41) is 8.41. The quantitative estimate of drug-likeness (QED) is 0.797. The molecule has 6 nitrogen and oxygen atoms in total. The zero-order valence-electron chi connectivity index (χ0n) is 16.2. The number of carbonyl (C=O) groups excluding carboxylic acids is 1. The molecule has 1 aliphatic rings. The van der Waals surface area contributed by atoms with Crippen molar-refractivity contribution in [1.82, 2.24) is 15.1 Å². The average Bonchev–Trinajstić information content (AvgIpc) is 2.72. The maximum atomic E-state index is 12.4. The Hall–Kier alpha value is -2.47. The van der Waals surface area contributed by atoms with Crippen molar-refractivity contribution in [1.29, 1.82) is 0 Å². The summed E-state index contributed by atoms with van der Waals surface area (Å²) in [4.78, 5) is 14.2. The van der Waals surface area contributed by atoms with Crippen LogP contribution in [-0.2, 0) is 16.1 Å². The number of hydrogen-bond donors (Lipinski definition) is 0. The van der Waals surface area contributed by atoms with Gasteiger partial charge in [-0.1, -0.05) is 30.3 Å². The molecule has 1 amide bonds. The monoisotopic (exact) mass is 369 g/mol.